The molecule has 0 saturated heterocycles. The van der Waals surface area contributed by atoms with Crippen LogP contribution in [0.1, 0.15) is 22.8 Å². The molecule has 0 aliphatic carbocycles. The number of carbonyl (C=O) groups is 2. The topological polar surface area (TPSA) is 70.6 Å². The molecule has 5 nitrogen and oxygen atoms in total. The first-order valence-corrected chi connectivity index (χ1v) is 8.57. The van der Waals surface area contributed by atoms with E-state index in [0.29, 0.717) is 16.8 Å². The number of carbonyl (C=O) groups excluding carboxylic acids is 2. The predicted molar refractivity (Wildman–Crippen MR) is 105 cm³/mol. The lowest BCUT2D eigenvalue weighted by atomic mass is 10.0. The molecule has 0 fully saturated rings. The summed E-state index contributed by atoms with van der Waals surface area (Å²) < 4.78 is 37.2. The number of amides is 2. The van der Waals surface area contributed by atoms with Crippen molar-refractivity contribution in [1.82, 2.24) is 5.43 Å². The van der Waals surface area contributed by atoms with Gasteiger partial charge in [0, 0.05) is 11.3 Å². The molecule has 0 aliphatic heterocycles. The minimum absolute atomic E-state index is 0.0280. The van der Waals surface area contributed by atoms with Crippen molar-refractivity contribution in [1.29, 1.82) is 0 Å². The summed E-state index contributed by atoms with van der Waals surface area (Å²) in [6, 6.07) is 18.5. The molecule has 0 atom stereocenters. The minimum Gasteiger partial charge on any atom is -0.318 e. The van der Waals surface area contributed by atoms with Crippen molar-refractivity contribution >= 4 is 34.0 Å². The van der Waals surface area contributed by atoms with Crippen LogP contribution in [0.15, 0.2) is 71.8 Å². The highest BCUT2D eigenvalue weighted by atomic mass is 19.4. The molecule has 3 aromatic rings. The van der Waals surface area contributed by atoms with Crippen molar-refractivity contribution in [2.24, 2.45) is 5.10 Å². The highest BCUT2D eigenvalue weighted by molar-refractivity contribution is 6.08. The molecule has 0 saturated carbocycles. The monoisotopic (exact) mass is 399 g/mol. The SMILES string of the molecule is C/C(=N/NC(=O)c1cccc2ccccc12)c1cccc(NC(=O)C(F)(F)F)c1. The first kappa shape index (κ1) is 20.1. The number of alkyl halides is 3. The van der Waals surface area contributed by atoms with Crippen molar-refractivity contribution in [3.63, 3.8) is 0 Å². The van der Waals surface area contributed by atoms with Crippen LogP contribution in [0.2, 0.25) is 0 Å². The third-order valence-corrected chi connectivity index (χ3v) is 4.16. The maximum Gasteiger partial charge on any atom is 0.471 e. The van der Waals surface area contributed by atoms with Crippen LogP contribution in [0, 0.1) is 0 Å². The Kier molecular flexibility index (Phi) is 5.63. The van der Waals surface area contributed by atoms with E-state index in [0.717, 1.165) is 10.8 Å². The molecular weight excluding hydrogens is 383 g/mol. The number of hydrazone groups is 1. The molecule has 3 rings (SSSR count). The molecule has 29 heavy (non-hydrogen) atoms. The van der Waals surface area contributed by atoms with E-state index in [2.05, 4.69) is 10.5 Å². The van der Waals surface area contributed by atoms with Crippen LogP contribution in [-0.4, -0.2) is 23.7 Å². The van der Waals surface area contributed by atoms with Crippen LogP contribution in [-0.2, 0) is 4.79 Å². The van der Waals surface area contributed by atoms with Gasteiger partial charge >= 0.3 is 12.1 Å². The number of hydrogen-bond donors (Lipinski definition) is 2. The predicted octanol–water partition coefficient (Wildman–Crippen LogP) is 4.49. The van der Waals surface area contributed by atoms with E-state index >= 15 is 0 Å². The molecule has 3 aromatic carbocycles. The molecule has 2 amide bonds. The second-order valence-electron chi connectivity index (χ2n) is 6.20. The van der Waals surface area contributed by atoms with Crippen molar-refractivity contribution in [3.8, 4) is 0 Å². The lowest BCUT2D eigenvalue weighted by Gasteiger charge is -2.09. The highest BCUT2D eigenvalue weighted by Gasteiger charge is 2.38. The van der Waals surface area contributed by atoms with Crippen LogP contribution in [0.4, 0.5) is 18.9 Å². The molecule has 0 bridgehead atoms. The fraction of sp³-hybridized carbons (Fsp3) is 0.0952. The van der Waals surface area contributed by atoms with Gasteiger partial charge < -0.3 is 5.32 Å². The zero-order valence-electron chi connectivity index (χ0n) is 15.2. The Labute approximate surface area is 164 Å². The van der Waals surface area contributed by atoms with Gasteiger partial charge in [0.25, 0.3) is 5.91 Å². The number of fused-ring (bicyclic) bond motifs is 1. The summed E-state index contributed by atoms with van der Waals surface area (Å²) in [4.78, 5) is 23.6. The molecule has 0 aromatic heterocycles. The number of halogens is 3. The van der Waals surface area contributed by atoms with Crippen molar-refractivity contribution in [2.45, 2.75) is 13.1 Å². The Balaban J connectivity index is 1.77. The Bertz CT molecular complexity index is 1100. The molecule has 148 valence electrons. The number of nitrogens with zero attached hydrogens (tertiary/aromatic N) is 1. The van der Waals surface area contributed by atoms with Gasteiger partial charge in [-0.1, -0.05) is 48.5 Å². The van der Waals surface area contributed by atoms with Crippen molar-refractivity contribution < 1.29 is 22.8 Å². The summed E-state index contributed by atoms with van der Waals surface area (Å²) in [5, 5.41) is 7.50. The van der Waals surface area contributed by atoms with Crippen LogP contribution >= 0.6 is 0 Å². The fourth-order valence-electron chi connectivity index (χ4n) is 2.71. The Morgan fingerprint density at radius 1 is 0.931 bits per heavy atom. The van der Waals surface area contributed by atoms with Gasteiger partial charge in [0.2, 0.25) is 0 Å². The van der Waals surface area contributed by atoms with E-state index in [-0.39, 0.29) is 5.69 Å². The summed E-state index contributed by atoms with van der Waals surface area (Å²) in [6.07, 6.45) is -4.98. The first-order chi connectivity index (χ1) is 13.8. The van der Waals surface area contributed by atoms with Gasteiger partial charge in [-0.2, -0.15) is 18.3 Å². The first-order valence-electron chi connectivity index (χ1n) is 8.57. The quantitative estimate of drug-likeness (QED) is 0.501. The number of rotatable bonds is 4. The summed E-state index contributed by atoms with van der Waals surface area (Å²) in [5.74, 6) is -2.48. The van der Waals surface area contributed by atoms with Gasteiger partial charge in [-0.25, -0.2) is 5.43 Å². The van der Waals surface area contributed by atoms with Crippen molar-refractivity contribution in [3.05, 3.63) is 77.9 Å². The number of benzene rings is 3. The zero-order chi connectivity index (χ0) is 21.0. The largest absolute Gasteiger partial charge is 0.471 e. The van der Waals surface area contributed by atoms with E-state index in [1.54, 1.807) is 30.4 Å². The van der Waals surface area contributed by atoms with Gasteiger partial charge in [-0.05, 0) is 41.5 Å². The van der Waals surface area contributed by atoms with E-state index < -0.39 is 18.0 Å². The van der Waals surface area contributed by atoms with E-state index in [9.17, 15) is 22.8 Å². The van der Waals surface area contributed by atoms with Crippen LogP contribution in [0.25, 0.3) is 10.8 Å². The van der Waals surface area contributed by atoms with Gasteiger partial charge in [0.1, 0.15) is 0 Å². The van der Waals surface area contributed by atoms with Gasteiger partial charge in [0.05, 0.1) is 5.71 Å². The fourth-order valence-corrected chi connectivity index (χ4v) is 2.71. The molecule has 0 spiro atoms. The molecule has 8 heteroatoms. The van der Waals surface area contributed by atoms with E-state index in [4.69, 9.17) is 0 Å². The average Bonchev–Trinajstić information content (AvgIpc) is 2.70. The van der Waals surface area contributed by atoms with Crippen molar-refractivity contribution in [2.75, 3.05) is 5.32 Å². The van der Waals surface area contributed by atoms with Gasteiger partial charge in [-0.3, -0.25) is 9.59 Å². The molecule has 0 aliphatic rings. The molecular formula is C21H16F3N3O2. The third kappa shape index (κ3) is 4.78. The standard InChI is InChI=1S/C21H16F3N3O2/c1-13(15-8-4-9-16(12-15)25-20(29)21(22,23)24)26-27-19(28)18-11-5-7-14-6-2-3-10-17(14)18/h2-12H,1H3,(H,25,29)(H,27,28)/b26-13-. The number of nitrogens with one attached hydrogen (secondary N) is 2. The normalized spacial score (nSPS) is 11.9. The number of hydrogen-bond acceptors (Lipinski definition) is 3. The van der Waals surface area contributed by atoms with Gasteiger partial charge in [-0.15, -0.1) is 0 Å². The maximum absolute atomic E-state index is 12.5. The average molecular weight is 399 g/mol. The number of anilines is 1. The molecule has 2 N–H and O–H groups in total. The van der Waals surface area contributed by atoms with E-state index in [1.165, 1.54) is 18.2 Å². The Hall–Kier alpha value is -3.68. The Morgan fingerprint density at radius 2 is 1.62 bits per heavy atom. The van der Waals surface area contributed by atoms with Crippen LogP contribution < -0.4 is 10.7 Å². The minimum atomic E-state index is -4.98. The summed E-state index contributed by atoms with van der Waals surface area (Å²) in [5.41, 5.74) is 3.69. The summed E-state index contributed by atoms with van der Waals surface area (Å²) >= 11 is 0. The zero-order valence-corrected chi connectivity index (χ0v) is 15.2. The summed E-state index contributed by atoms with van der Waals surface area (Å²) in [6.45, 7) is 1.59. The Morgan fingerprint density at radius 3 is 2.38 bits per heavy atom. The molecule has 0 radical (unpaired) electrons. The lowest BCUT2D eigenvalue weighted by Crippen LogP contribution is -2.29. The second-order valence-corrected chi connectivity index (χ2v) is 6.20. The smallest absolute Gasteiger partial charge is 0.318 e. The maximum atomic E-state index is 12.5. The van der Waals surface area contributed by atoms with Crippen LogP contribution in [0.5, 0.6) is 0 Å². The van der Waals surface area contributed by atoms with Crippen LogP contribution in [0.3, 0.4) is 0 Å². The third-order valence-electron chi connectivity index (χ3n) is 4.16. The second kappa shape index (κ2) is 8.14. The highest BCUT2D eigenvalue weighted by Crippen LogP contribution is 2.20. The van der Waals surface area contributed by atoms with E-state index in [1.807, 2.05) is 30.3 Å². The summed E-state index contributed by atoms with van der Waals surface area (Å²) in [7, 11) is 0. The van der Waals surface area contributed by atoms with Gasteiger partial charge in [0.15, 0.2) is 0 Å². The molecule has 0 unspecified atom stereocenters. The lowest BCUT2D eigenvalue weighted by molar-refractivity contribution is -0.167. The molecule has 0 heterocycles.